The molecular formula is C22H26N4O2. The SMILES string of the molecule is CCN(CC)Cc1ccc(CNC(=O)c2nn(C)c(=O)c3ccccc23)cc1. The average molecular weight is 378 g/mol. The Morgan fingerprint density at radius 3 is 2.25 bits per heavy atom. The summed E-state index contributed by atoms with van der Waals surface area (Å²) < 4.78 is 1.21. The molecule has 0 saturated carbocycles. The topological polar surface area (TPSA) is 67.2 Å². The van der Waals surface area contributed by atoms with E-state index >= 15 is 0 Å². The molecule has 0 aliphatic carbocycles. The summed E-state index contributed by atoms with van der Waals surface area (Å²) in [5, 5.41) is 8.13. The van der Waals surface area contributed by atoms with Crippen LogP contribution in [0.5, 0.6) is 0 Å². The van der Waals surface area contributed by atoms with E-state index in [9.17, 15) is 9.59 Å². The first-order valence-electron chi connectivity index (χ1n) is 9.57. The van der Waals surface area contributed by atoms with Gasteiger partial charge in [-0.05, 0) is 30.3 Å². The van der Waals surface area contributed by atoms with Gasteiger partial charge >= 0.3 is 0 Å². The van der Waals surface area contributed by atoms with Crippen LogP contribution >= 0.6 is 0 Å². The van der Waals surface area contributed by atoms with Crippen molar-refractivity contribution in [1.29, 1.82) is 0 Å². The van der Waals surface area contributed by atoms with Gasteiger partial charge in [0.1, 0.15) is 0 Å². The highest BCUT2D eigenvalue weighted by molar-refractivity contribution is 6.04. The molecule has 1 aromatic heterocycles. The Hall–Kier alpha value is -2.99. The van der Waals surface area contributed by atoms with Gasteiger partial charge in [0, 0.05) is 25.5 Å². The molecule has 28 heavy (non-hydrogen) atoms. The lowest BCUT2D eigenvalue weighted by Gasteiger charge is -2.18. The molecule has 0 aliphatic rings. The standard InChI is InChI=1S/C22H26N4O2/c1-4-26(5-2)15-17-12-10-16(11-13-17)14-23-21(27)20-18-8-6-7-9-19(18)22(28)25(3)24-20/h6-13H,4-5,14-15H2,1-3H3,(H,23,27). The van der Waals surface area contributed by atoms with Gasteiger partial charge in [0.05, 0.1) is 5.39 Å². The molecule has 1 heterocycles. The molecule has 6 heteroatoms. The van der Waals surface area contributed by atoms with Crippen LogP contribution in [0.3, 0.4) is 0 Å². The molecule has 0 spiro atoms. The van der Waals surface area contributed by atoms with E-state index < -0.39 is 0 Å². The normalized spacial score (nSPS) is 11.1. The largest absolute Gasteiger partial charge is 0.347 e. The van der Waals surface area contributed by atoms with Gasteiger partial charge in [-0.1, -0.05) is 56.3 Å². The van der Waals surface area contributed by atoms with Crippen molar-refractivity contribution in [3.05, 3.63) is 75.7 Å². The minimum Gasteiger partial charge on any atom is -0.347 e. The molecule has 146 valence electrons. The van der Waals surface area contributed by atoms with E-state index in [0.717, 1.165) is 25.2 Å². The molecular weight excluding hydrogens is 352 g/mol. The molecule has 1 N–H and O–H groups in total. The lowest BCUT2D eigenvalue weighted by Crippen LogP contribution is -2.29. The number of nitrogens with zero attached hydrogens (tertiary/aromatic N) is 3. The zero-order chi connectivity index (χ0) is 20.1. The minimum absolute atomic E-state index is 0.212. The highest BCUT2D eigenvalue weighted by atomic mass is 16.2. The van der Waals surface area contributed by atoms with Crippen LogP contribution in [0.2, 0.25) is 0 Å². The minimum atomic E-state index is -0.293. The van der Waals surface area contributed by atoms with Crippen LogP contribution in [0, 0.1) is 0 Å². The number of hydrogen-bond acceptors (Lipinski definition) is 4. The van der Waals surface area contributed by atoms with E-state index in [0.29, 0.717) is 17.3 Å². The van der Waals surface area contributed by atoms with Crippen LogP contribution in [0.1, 0.15) is 35.5 Å². The molecule has 6 nitrogen and oxygen atoms in total. The van der Waals surface area contributed by atoms with Crippen molar-refractivity contribution in [3.8, 4) is 0 Å². The molecule has 2 aromatic carbocycles. The van der Waals surface area contributed by atoms with Gasteiger partial charge in [-0.2, -0.15) is 5.10 Å². The maximum atomic E-state index is 12.7. The van der Waals surface area contributed by atoms with Gasteiger partial charge < -0.3 is 5.32 Å². The van der Waals surface area contributed by atoms with Crippen molar-refractivity contribution in [2.75, 3.05) is 13.1 Å². The number of carbonyl (C=O) groups excluding carboxylic acids is 1. The summed E-state index contributed by atoms with van der Waals surface area (Å²) in [5.41, 5.74) is 2.32. The fraction of sp³-hybridized carbons (Fsp3) is 0.318. The summed E-state index contributed by atoms with van der Waals surface area (Å²) in [4.78, 5) is 27.2. The number of benzene rings is 2. The van der Waals surface area contributed by atoms with Crippen LogP contribution in [0.4, 0.5) is 0 Å². The average Bonchev–Trinajstić information content (AvgIpc) is 2.73. The van der Waals surface area contributed by atoms with Crippen molar-refractivity contribution in [3.63, 3.8) is 0 Å². The summed E-state index contributed by atoms with van der Waals surface area (Å²) in [6.07, 6.45) is 0. The number of aryl methyl sites for hydroxylation is 1. The van der Waals surface area contributed by atoms with Crippen molar-refractivity contribution in [2.45, 2.75) is 26.9 Å². The number of hydrogen-bond donors (Lipinski definition) is 1. The molecule has 0 aliphatic heterocycles. The molecule has 0 bridgehead atoms. The van der Waals surface area contributed by atoms with Crippen molar-refractivity contribution in [2.24, 2.45) is 7.05 Å². The number of amides is 1. The highest BCUT2D eigenvalue weighted by Crippen LogP contribution is 2.13. The smallest absolute Gasteiger partial charge is 0.274 e. The van der Waals surface area contributed by atoms with Gasteiger partial charge in [-0.15, -0.1) is 0 Å². The highest BCUT2D eigenvalue weighted by Gasteiger charge is 2.15. The Balaban J connectivity index is 1.72. The quantitative estimate of drug-likeness (QED) is 0.686. The van der Waals surface area contributed by atoms with Crippen LogP contribution < -0.4 is 10.9 Å². The number of aromatic nitrogens is 2. The molecule has 0 atom stereocenters. The number of fused-ring (bicyclic) bond motifs is 1. The molecule has 0 unspecified atom stereocenters. The first kappa shape index (κ1) is 19.8. The summed E-state index contributed by atoms with van der Waals surface area (Å²) in [6.45, 7) is 7.69. The lowest BCUT2D eigenvalue weighted by atomic mass is 10.1. The zero-order valence-electron chi connectivity index (χ0n) is 16.6. The van der Waals surface area contributed by atoms with Crippen molar-refractivity contribution >= 4 is 16.7 Å². The van der Waals surface area contributed by atoms with Gasteiger partial charge in [0.15, 0.2) is 5.69 Å². The van der Waals surface area contributed by atoms with Crippen molar-refractivity contribution in [1.82, 2.24) is 20.0 Å². The molecule has 3 aromatic rings. The van der Waals surface area contributed by atoms with E-state index in [2.05, 4.69) is 41.3 Å². The summed E-state index contributed by atoms with van der Waals surface area (Å²) in [5.74, 6) is -0.293. The van der Waals surface area contributed by atoms with Crippen LogP contribution in [-0.4, -0.2) is 33.7 Å². The third kappa shape index (κ3) is 4.28. The third-order valence-corrected chi connectivity index (χ3v) is 4.95. The van der Waals surface area contributed by atoms with Crippen LogP contribution in [0.25, 0.3) is 10.8 Å². The first-order valence-corrected chi connectivity index (χ1v) is 9.57. The zero-order valence-corrected chi connectivity index (χ0v) is 16.6. The fourth-order valence-electron chi connectivity index (χ4n) is 3.20. The van der Waals surface area contributed by atoms with E-state index in [1.165, 1.54) is 10.2 Å². The molecule has 1 amide bonds. The second kappa shape index (κ2) is 8.80. The number of nitrogens with one attached hydrogen (secondary N) is 1. The summed E-state index contributed by atoms with van der Waals surface area (Å²) >= 11 is 0. The summed E-state index contributed by atoms with van der Waals surface area (Å²) in [7, 11) is 1.56. The molecule has 3 rings (SSSR count). The monoisotopic (exact) mass is 378 g/mol. The first-order chi connectivity index (χ1) is 13.5. The summed E-state index contributed by atoms with van der Waals surface area (Å²) in [6, 6.07) is 15.3. The van der Waals surface area contributed by atoms with Crippen molar-refractivity contribution < 1.29 is 4.79 Å². The van der Waals surface area contributed by atoms with E-state index in [1.807, 2.05) is 12.1 Å². The Kier molecular flexibility index (Phi) is 6.21. The van der Waals surface area contributed by atoms with Gasteiger partial charge in [0.2, 0.25) is 0 Å². The van der Waals surface area contributed by atoms with Crippen LogP contribution in [0.15, 0.2) is 53.3 Å². The number of rotatable bonds is 7. The second-order valence-electron chi connectivity index (χ2n) is 6.78. The predicted molar refractivity (Wildman–Crippen MR) is 111 cm³/mol. The Morgan fingerprint density at radius 2 is 1.61 bits per heavy atom. The van der Waals surface area contributed by atoms with Gasteiger partial charge in [0.25, 0.3) is 11.5 Å². The van der Waals surface area contributed by atoms with Gasteiger partial charge in [-0.3, -0.25) is 14.5 Å². The molecule has 0 radical (unpaired) electrons. The van der Waals surface area contributed by atoms with E-state index in [1.54, 1.807) is 31.3 Å². The molecule has 0 saturated heterocycles. The number of carbonyl (C=O) groups is 1. The molecule has 0 fully saturated rings. The maximum Gasteiger partial charge on any atom is 0.274 e. The van der Waals surface area contributed by atoms with Gasteiger partial charge in [-0.25, -0.2) is 4.68 Å². The predicted octanol–water partition coefficient (Wildman–Crippen LogP) is 2.71. The van der Waals surface area contributed by atoms with Crippen LogP contribution in [-0.2, 0) is 20.1 Å². The third-order valence-electron chi connectivity index (χ3n) is 4.95. The Bertz CT molecular complexity index is 1020. The lowest BCUT2D eigenvalue weighted by molar-refractivity contribution is 0.0945. The maximum absolute atomic E-state index is 12.7. The second-order valence-corrected chi connectivity index (χ2v) is 6.78. The Labute approximate surface area is 164 Å². The van der Waals surface area contributed by atoms with E-state index in [4.69, 9.17) is 0 Å². The van der Waals surface area contributed by atoms with E-state index in [-0.39, 0.29) is 17.2 Å². The fourth-order valence-corrected chi connectivity index (χ4v) is 3.20. The Morgan fingerprint density at radius 1 is 1.00 bits per heavy atom.